The zero-order chi connectivity index (χ0) is 14.5. The molecule has 0 aliphatic rings. The third kappa shape index (κ3) is 5.06. The van der Waals surface area contributed by atoms with Crippen LogP contribution in [0.4, 0.5) is 0 Å². The van der Waals surface area contributed by atoms with Crippen molar-refractivity contribution in [2.24, 2.45) is 5.14 Å². The molecule has 0 bridgehead atoms. The molecule has 0 aliphatic heterocycles. The minimum absolute atomic E-state index is 0.132. The maximum absolute atomic E-state index is 11.6. The number of hydrogen-bond donors (Lipinski definition) is 1. The van der Waals surface area contributed by atoms with Gasteiger partial charge in [0.25, 0.3) is 0 Å². The summed E-state index contributed by atoms with van der Waals surface area (Å²) in [6.45, 7) is 5.64. The largest absolute Gasteiger partial charge is 0.251 e. The van der Waals surface area contributed by atoms with Gasteiger partial charge in [-0.1, -0.05) is 6.07 Å². The molecule has 104 valence electrons. The zero-order valence-electron chi connectivity index (χ0n) is 11.4. The van der Waals surface area contributed by atoms with Crippen LogP contribution in [0.25, 0.3) is 0 Å². The predicted octanol–water partition coefficient (Wildman–Crippen LogP) is 3.13. The standard InChI is InChI=1S/C14H19BrN2OS/c1-4-5-7-11(10-14(2,3)19(16)18)12-8-6-9-13(15)17-12/h6,8-9,11H,7,10,16H2,1-3H3/t11-,19?/m0/s1. The first-order valence-corrected chi connectivity index (χ1v) is 8.05. The molecular formula is C14H19BrN2OS. The first kappa shape index (κ1) is 16.4. The fourth-order valence-electron chi connectivity index (χ4n) is 1.83. The van der Waals surface area contributed by atoms with Crippen LogP contribution >= 0.6 is 15.9 Å². The van der Waals surface area contributed by atoms with E-state index in [1.165, 1.54) is 0 Å². The molecule has 0 saturated carbocycles. The molecule has 0 fully saturated rings. The van der Waals surface area contributed by atoms with Gasteiger partial charge in [-0.25, -0.2) is 9.19 Å². The Morgan fingerprint density at radius 2 is 2.21 bits per heavy atom. The summed E-state index contributed by atoms with van der Waals surface area (Å²) in [7, 11) is -1.37. The van der Waals surface area contributed by atoms with E-state index in [1.807, 2.05) is 39.0 Å². The molecule has 5 heteroatoms. The summed E-state index contributed by atoms with van der Waals surface area (Å²) in [5, 5.41) is 5.56. The van der Waals surface area contributed by atoms with Crippen LogP contribution in [-0.2, 0) is 11.0 Å². The Morgan fingerprint density at radius 1 is 1.53 bits per heavy atom. The smallest absolute Gasteiger partial charge is 0.106 e. The Balaban J connectivity index is 3.00. The van der Waals surface area contributed by atoms with Gasteiger partial charge in [-0.3, -0.25) is 5.14 Å². The summed E-state index contributed by atoms with van der Waals surface area (Å²) in [5.41, 5.74) is 0.954. The number of pyridine rings is 1. The van der Waals surface area contributed by atoms with E-state index >= 15 is 0 Å². The molecule has 0 saturated heterocycles. The van der Waals surface area contributed by atoms with Crippen LogP contribution < -0.4 is 5.14 Å². The van der Waals surface area contributed by atoms with Gasteiger partial charge in [0.1, 0.15) is 4.60 Å². The average molecular weight is 343 g/mol. The lowest BCUT2D eigenvalue weighted by atomic mass is 9.90. The van der Waals surface area contributed by atoms with E-state index in [0.717, 1.165) is 10.3 Å². The molecule has 2 atom stereocenters. The number of aromatic nitrogens is 1. The van der Waals surface area contributed by atoms with E-state index in [4.69, 9.17) is 5.14 Å². The second-order valence-corrected chi connectivity index (χ2v) is 7.49. The van der Waals surface area contributed by atoms with Crippen LogP contribution in [0.5, 0.6) is 0 Å². The van der Waals surface area contributed by atoms with Gasteiger partial charge in [0, 0.05) is 18.0 Å². The summed E-state index contributed by atoms with van der Waals surface area (Å²) >= 11 is 3.38. The lowest BCUT2D eigenvalue weighted by Gasteiger charge is -2.26. The van der Waals surface area contributed by atoms with Gasteiger partial charge in [0.2, 0.25) is 0 Å². The highest BCUT2D eigenvalue weighted by Crippen LogP contribution is 2.30. The molecule has 3 nitrogen and oxygen atoms in total. The zero-order valence-corrected chi connectivity index (χ0v) is 13.8. The molecule has 1 rings (SSSR count). The van der Waals surface area contributed by atoms with Crippen molar-refractivity contribution in [3.63, 3.8) is 0 Å². The Morgan fingerprint density at radius 3 is 2.74 bits per heavy atom. The molecule has 0 aromatic carbocycles. The number of rotatable bonds is 5. The molecular weight excluding hydrogens is 324 g/mol. The van der Waals surface area contributed by atoms with Crippen LogP contribution in [-0.4, -0.2) is 13.9 Å². The number of nitrogens with zero attached hydrogens (tertiary/aromatic N) is 1. The Hall–Kier alpha value is -0.700. The number of hydrogen-bond acceptors (Lipinski definition) is 2. The molecule has 1 unspecified atom stereocenters. The SMILES string of the molecule is CC#CC[C@@H](CC(C)(C)S(N)=O)c1cccc(Br)n1. The van der Waals surface area contributed by atoms with E-state index in [-0.39, 0.29) is 5.92 Å². The van der Waals surface area contributed by atoms with E-state index in [2.05, 4.69) is 32.8 Å². The molecule has 0 radical (unpaired) electrons. The third-order valence-electron chi connectivity index (χ3n) is 2.96. The second-order valence-electron chi connectivity index (χ2n) is 4.97. The summed E-state index contributed by atoms with van der Waals surface area (Å²) in [4.78, 5) is 4.48. The molecule has 19 heavy (non-hydrogen) atoms. The highest BCUT2D eigenvalue weighted by Gasteiger charge is 2.29. The van der Waals surface area contributed by atoms with Crippen molar-refractivity contribution in [2.75, 3.05) is 0 Å². The Bertz CT molecular complexity index is 520. The van der Waals surface area contributed by atoms with E-state index < -0.39 is 15.7 Å². The summed E-state index contributed by atoms with van der Waals surface area (Å²) in [5.74, 6) is 6.12. The van der Waals surface area contributed by atoms with Gasteiger partial charge in [0.05, 0.1) is 15.7 Å². The predicted molar refractivity (Wildman–Crippen MR) is 83.8 cm³/mol. The van der Waals surface area contributed by atoms with Gasteiger partial charge < -0.3 is 0 Å². The van der Waals surface area contributed by atoms with Gasteiger partial charge >= 0.3 is 0 Å². The minimum Gasteiger partial charge on any atom is -0.251 e. The van der Waals surface area contributed by atoms with Crippen molar-refractivity contribution in [1.29, 1.82) is 0 Å². The Labute approximate surface area is 126 Å². The summed E-state index contributed by atoms with van der Waals surface area (Å²) < 4.78 is 11.9. The van der Waals surface area contributed by atoms with Crippen molar-refractivity contribution >= 4 is 26.9 Å². The highest BCUT2D eigenvalue weighted by molar-refractivity contribution is 9.10. The lowest BCUT2D eigenvalue weighted by Crippen LogP contribution is -2.33. The lowest BCUT2D eigenvalue weighted by molar-refractivity contribution is 0.515. The van der Waals surface area contributed by atoms with Gasteiger partial charge in [0.15, 0.2) is 0 Å². The van der Waals surface area contributed by atoms with Crippen molar-refractivity contribution in [3.05, 3.63) is 28.5 Å². The fourth-order valence-corrected chi connectivity index (χ4v) is 2.56. The molecule has 2 N–H and O–H groups in total. The monoisotopic (exact) mass is 342 g/mol. The molecule has 1 heterocycles. The van der Waals surface area contributed by atoms with E-state index in [9.17, 15) is 4.21 Å². The summed E-state index contributed by atoms with van der Waals surface area (Å²) in [6.07, 6.45) is 1.38. The number of nitrogens with two attached hydrogens (primary N) is 1. The fraction of sp³-hybridized carbons (Fsp3) is 0.500. The van der Waals surface area contributed by atoms with Gasteiger partial charge in [-0.2, -0.15) is 0 Å². The molecule has 0 aliphatic carbocycles. The minimum atomic E-state index is -1.37. The van der Waals surface area contributed by atoms with E-state index in [0.29, 0.717) is 12.8 Å². The first-order chi connectivity index (χ1) is 8.86. The highest BCUT2D eigenvalue weighted by atomic mass is 79.9. The van der Waals surface area contributed by atoms with Crippen LogP contribution in [0, 0.1) is 11.8 Å². The first-order valence-electron chi connectivity index (χ1n) is 6.05. The van der Waals surface area contributed by atoms with Crippen molar-refractivity contribution in [1.82, 2.24) is 4.98 Å². The van der Waals surface area contributed by atoms with Crippen LogP contribution in [0.2, 0.25) is 0 Å². The van der Waals surface area contributed by atoms with E-state index in [1.54, 1.807) is 0 Å². The average Bonchev–Trinajstić information content (AvgIpc) is 2.34. The van der Waals surface area contributed by atoms with Crippen molar-refractivity contribution in [3.8, 4) is 11.8 Å². The second kappa shape index (κ2) is 7.18. The topological polar surface area (TPSA) is 56.0 Å². The third-order valence-corrected chi connectivity index (χ3v) is 4.66. The molecule has 0 amide bonds. The van der Waals surface area contributed by atoms with Crippen LogP contribution in [0.15, 0.2) is 22.8 Å². The quantitative estimate of drug-likeness (QED) is 0.660. The molecule has 1 aromatic rings. The van der Waals surface area contributed by atoms with Gasteiger partial charge in [-0.05, 0) is 55.3 Å². The van der Waals surface area contributed by atoms with Crippen molar-refractivity contribution < 1.29 is 4.21 Å². The van der Waals surface area contributed by atoms with Gasteiger partial charge in [-0.15, -0.1) is 11.8 Å². The molecule has 0 spiro atoms. The number of halogens is 1. The Kier molecular flexibility index (Phi) is 6.18. The maximum atomic E-state index is 11.6. The van der Waals surface area contributed by atoms with Crippen LogP contribution in [0.1, 0.15) is 45.2 Å². The normalized spacial score (nSPS) is 14.4. The summed E-state index contributed by atoms with van der Waals surface area (Å²) in [6, 6.07) is 5.81. The van der Waals surface area contributed by atoms with Crippen LogP contribution in [0.3, 0.4) is 0 Å². The molecule has 1 aromatic heterocycles. The van der Waals surface area contributed by atoms with Crippen molar-refractivity contribution in [2.45, 2.75) is 44.3 Å². The maximum Gasteiger partial charge on any atom is 0.106 e.